The Morgan fingerprint density at radius 2 is 1.81 bits per heavy atom. The van der Waals surface area contributed by atoms with Gasteiger partial charge in [-0.2, -0.15) is 0 Å². The molecule has 1 heterocycles. The van der Waals surface area contributed by atoms with Crippen LogP contribution >= 0.6 is 0 Å². The van der Waals surface area contributed by atoms with Gasteiger partial charge in [-0.3, -0.25) is 4.98 Å². The third-order valence-corrected chi connectivity index (χ3v) is 4.32. The lowest BCUT2D eigenvalue weighted by molar-refractivity contribution is 0.237. The summed E-state index contributed by atoms with van der Waals surface area (Å²) in [4.78, 5) is 4.06. The van der Waals surface area contributed by atoms with Crippen LogP contribution in [0.2, 0.25) is 0 Å². The van der Waals surface area contributed by atoms with E-state index in [4.69, 9.17) is 5.73 Å². The van der Waals surface area contributed by atoms with E-state index >= 15 is 0 Å². The van der Waals surface area contributed by atoms with Gasteiger partial charge in [0.1, 0.15) is 0 Å². The zero-order chi connectivity index (χ0) is 11.6. The first-order valence-corrected chi connectivity index (χ1v) is 6.29. The first kappa shape index (κ1) is 11.6. The van der Waals surface area contributed by atoms with Gasteiger partial charge in [0, 0.05) is 18.4 Å². The highest BCUT2D eigenvalue weighted by Gasteiger charge is 2.37. The molecular weight excluding hydrogens is 196 g/mol. The number of hydrogen-bond donors (Lipinski definition) is 1. The van der Waals surface area contributed by atoms with Gasteiger partial charge in [0.2, 0.25) is 0 Å². The fourth-order valence-electron chi connectivity index (χ4n) is 2.99. The highest BCUT2D eigenvalue weighted by atomic mass is 14.7. The molecule has 88 valence electrons. The van der Waals surface area contributed by atoms with Crippen LogP contribution in [-0.4, -0.2) is 11.0 Å². The number of aromatic nitrogens is 1. The summed E-state index contributed by atoms with van der Waals surface area (Å²) in [5.41, 5.74) is 8.12. The van der Waals surface area contributed by atoms with Crippen molar-refractivity contribution in [2.75, 3.05) is 0 Å². The summed E-state index contributed by atoms with van der Waals surface area (Å²) in [6, 6.07) is 4.43. The molecule has 0 amide bonds. The van der Waals surface area contributed by atoms with Crippen molar-refractivity contribution in [2.24, 2.45) is 11.1 Å². The lowest BCUT2D eigenvalue weighted by Crippen LogP contribution is -2.41. The van der Waals surface area contributed by atoms with Crippen LogP contribution in [0.25, 0.3) is 0 Å². The van der Waals surface area contributed by atoms with Crippen LogP contribution in [0.3, 0.4) is 0 Å². The lowest BCUT2D eigenvalue weighted by Gasteiger charge is -2.35. The quantitative estimate of drug-likeness (QED) is 0.846. The minimum Gasteiger partial charge on any atom is -0.327 e. The van der Waals surface area contributed by atoms with Gasteiger partial charge in [0.05, 0.1) is 0 Å². The van der Waals surface area contributed by atoms with Crippen LogP contribution in [0.15, 0.2) is 24.5 Å². The third kappa shape index (κ3) is 2.12. The molecule has 0 spiro atoms. The molecule has 1 saturated carbocycles. The standard InChI is InChI=1S/C14H22N2/c1-11(12-5-9-16-10-6-12)13(15)14(2)7-3-4-8-14/h5-6,9-11,13H,3-4,7-8,15H2,1-2H3. The average molecular weight is 218 g/mol. The summed E-state index contributed by atoms with van der Waals surface area (Å²) in [6.07, 6.45) is 8.96. The van der Waals surface area contributed by atoms with Crippen molar-refractivity contribution in [1.29, 1.82) is 0 Å². The first-order valence-electron chi connectivity index (χ1n) is 6.29. The van der Waals surface area contributed by atoms with E-state index in [1.54, 1.807) is 0 Å². The molecule has 0 aliphatic heterocycles. The van der Waals surface area contributed by atoms with E-state index in [1.807, 2.05) is 12.4 Å². The molecule has 2 unspecified atom stereocenters. The molecule has 0 aromatic carbocycles. The van der Waals surface area contributed by atoms with Gasteiger partial charge in [-0.15, -0.1) is 0 Å². The Morgan fingerprint density at radius 3 is 2.38 bits per heavy atom. The van der Waals surface area contributed by atoms with E-state index in [2.05, 4.69) is 31.0 Å². The number of nitrogens with zero attached hydrogens (tertiary/aromatic N) is 1. The van der Waals surface area contributed by atoms with Crippen molar-refractivity contribution in [3.05, 3.63) is 30.1 Å². The Bertz CT molecular complexity index is 328. The normalized spacial score (nSPS) is 22.9. The number of hydrogen-bond acceptors (Lipinski definition) is 2. The number of rotatable bonds is 3. The van der Waals surface area contributed by atoms with E-state index in [0.29, 0.717) is 11.3 Å². The Hall–Kier alpha value is -0.890. The SMILES string of the molecule is CC(c1ccncc1)C(N)C1(C)CCCC1. The third-order valence-electron chi connectivity index (χ3n) is 4.32. The molecule has 16 heavy (non-hydrogen) atoms. The van der Waals surface area contributed by atoms with Crippen LogP contribution in [0.4, 0.5) is 0 Å². The zero-order valence-electron chi connectivity index (χ0n) is 10.3. The van der Waals surface area contributed by atoms with Gasteiger partial charge in [0.25, 0.3) is 0 Å². The molecule has 1 aliphatic carbocycles. The molecule has 2 N–H and O–H groups in total. The first-order chi connectivity index (χ1) is 7.63. The van der Waals surface area contributed by atoms with Crippen molar-refractivity contribution in [3.63, 3.8) is 0 Å². The van der Waals surface area contributed by atoms with Gasteiger partial charge in [-0.1, -0.05) is 26.7 Å². The van der Waals surface area contributed by atoms with Gasteiger partial charge in [0.15, 0.2) is 0 Å². The van der Waals surface area contributed by atoms with Gasteiger partial charge in [-0.25, -0.2) is 0 Å². The summed E-state index contributed by atoms with van der Waals surface area (Å²) in [5.74, 6) is 0.422. The van der Waals surface area contributed by atoms with Crippen molar-refractivity contribution in [1.82, 2.24) is 4.98 Å². The van der Waals surface area contributed by atoms with Crippen molar-refractivity contribution >= 4 is 0 Å². The Balaban J connectivity index is 2.13. The monoisotopic (exact) mass is 218 g/mol. The predicted molar refractivity (Wildman–Crippen MR) is 67.2 cm³/mol. The second kappa shape index (κ2) is 4.54. The highest BCUT2D eigenvalue weighted by molar-refractivity contribution is 5.18. The van der Waals surface area contributed by atoms with Gasteiger partial charge >= 0.3 is 0 Å². The van der Waals surface area contributed by atoms with Gasteiger partial charge in [-0.05, 0) is 41.9 Å². The van der Waals surface area contributed by atoms with Crippen LogP contribution in [0.1, 0.15) is 51.0 Å². The maximum atomic E-state index is 6.47. The average Bonchev–Trinajstić information content (AvgIpc) is 2.77. The molecule has 1 aromatic heterocycles. The smallest absolute Gasteiger partial charge is 0.0270 e. The van der Waals surface area contributed by atoms with Crippen LogP contribution in [0, 0.1) is 5.41 Å². The summed E-state index contributed by atoms with van der Waals surface area (Å²) in [5, 5.41) is 0. The molecule has 2 nitrogen and oxygen atoms in total. The molecule has 0 radical (unpaired) electrons. The van der Waals surface area contributed by atoms with Crippen LogP contribution in [-0.2, 0) is 0 Å². The Kier molecular flexibility index (Phi) is 3.29. The summed E-state index contributed by atoms with van der Waals surface area (Å²) in [7, 11) is 0. The van der Waals surface area contributed by atoms with E-state index < -0.39 is 0 Å². The minimum atomic E-state index is 0.261. The van der Waals surface area contributed by atoms with Gasteiger partial charge < -0.3 is 5.73 Å². The zero-order valence-corrected chi connectivity index (χ0v) is 10.3. The number of nitrogens with two attached hydrogens (primary N) is 1. The molecule has 0 bridgehead atoms. The molecule has 0 saturated heterocycles. The topological polar surface area (TPSA) is 38.9 Å². The van der Waals surface area contributed by atoms with Crippen molar-refractivity contribution in [3.8, 4) is 0 Å². The second-order valence-corrected chi connectivity index (χ2v) is 5.46. The fraction of sp³-hybridized carbons (Fsp3) is 0.643. The fourth-order valence-corrected chi connectivity index (χ4v) is 2.99. The Labute approximate surface area is 98.3 Å². The van der Waals surface area contributed by atoms with E-state index in [-0.39, 0.29) is 6.04 Å². The summed E-state index contributed by atoms with van der Waals surface area (Å²) < 4.78 is 0. The maximum Gasteiger partial charge on any atom is 0.0270 e. The molecule has 1 aromatic rings. The van der Waals surface area contributed by atoms with Crippen molar-refractivity contribution < 1.29 is 0 Å². The van der Waals surface area contributed by atoms with Crippen LogP contribution in [0.5, 0.6) is 0 Å². The molecule has 2 heteroatoms. The van der Waals surface area contributed by atoms with E-state index in [1.165, 1.54) is 31.2 Å². The molecule has 2 rings (SSSR count). The van der Waals surface area contributed by atoms with E-state index in [9.17, 15) is 0 Å². The number of pyridine rings is 1. The molecule has 1 aliphatic rings. The maximum absolute atomic E-state index is 6.47. The van der Waals surface area contributed by atoms with E-state index in [0.717, 1.165) is 0 Å². The summed E-state index contributed by atoms with van der Waals surface area (Å²) >= 11 is 0. The summed E-state index contributed by atoms with van der Waals surface area (Å²) in [6.45, 7) is 4.59. The molecule has 2 atom stereocenters. The highest BCUT2D eigenvalue weighted by Crippen LogP contribution is 2.43. The van der Waals surface area contributed by atoms with Crippen molar-refractivity contribution in [2.45, 2.75) is 51.5 Å². The lowest BCUT2D eigenvalue weighted by atomic mass is 9.74. The minimum absolute atomic E-state index is 0.261. The molecule has 1 fully saturated rings. The van der Waals surface area contributed by atoms with Crippen LogP contribution < -0.4 is 5.73 Å². The predicted octanol–water partition coefficient (Wildman–Crippen LogP) is 3.09. The largest absolute Gasteiger partial charge is 0.327 e. The Morgan fingerprint density at radius 1 is 1.25 bits per heavy atom. The molecular formula is C14H22N2. The second-order valence-electron chi connectivity index (χ2n) is 5.46.